The second-order valence-electron chi connectivity index (χ2n) is 6.48. The molecule has 22 heavy (non-hydrogen) atoms. The number of carbonyl (C=O) groups excluding carboxylic acids is 2. The fourth-order valence-electron chi connectivity index (χ4n) is 3.06. The number of guanidine groups is 1. The van der Waals surface area contributed by atoms with Gasteiger partial charge in [0.15, 0.2) is 5.96 Å². The maximum atomic E-state index is 12.4. The molecule has 2 N–H and O–H groups in total. The molecule has 0 aromatic rings. The number of nitrogens with one attached hydrogen (secondary N) is 2. The van der Waals surface area contributed by atoms with Crippen molar-refractivity contribution in [2.45, 2.75) is 46.2 Å². The van der Waals surface area contributed by atoms with E-state index in [1.54, 1.807) is 7.05 Å². The van der Waals surface area contributed by atoms with Gasteiger partial charge in [0.2, 0.25) is 11.8 Å². The van der Waals surface area contributed by atoms with Gasteiger partial charge in [0, 0.05) is 39.6 Å². The van der Waals surface area contributed by atoms with E-state index in [9.17, 15) is 9.59 Å². The first-order valence-electron chi connectivity index (χ1n) is 7.71. The Kier molecular flexibility index (Phi) is 6.20. The van der Waals surface area contributed by atoms with Gasteiger partial charge in [-0.1, -0.05) is 0 Å². The van der Waals surface area contributed by atoms with Crippen molar-refractivity contribution < 1.29 is 9.59 Å². The lowest BCUT2D eigenvalue weighted by Crippen LogP contribution is -2.66. The van der Waals surface area contributed by atoms with Gasteiger partial charge >= 0.3 is 0 Å². The van der Waals surface area contributed by atoms with Gasteiger partial charge in [0.1, 0.15) is 0 Å². The highest BCUT2D eigenvalue weighted by molar-refractivity contribution is 5.88. The van der Waals surface area contributed by atoms with Crippen LogP contribution < -0.4 is 10.6 Å². The number of hydrogen-bond acceptors (Lipinski definition) is 3. The molecule has 126 valence electrons. The van der Waals surface area contributed by atoms with Crippen LogP contribution in [0.4, 0.5) is 0 Å². The molecule has 1 aliphatic rings. The van der Waals surface area contributed by atoms with E-state index < -0.39 is 0 Å². The minimum atomic E-state index is -0.251. The summed E-state index contributed by atoms with van der Waals surface area (Å²) < 4.78 is 0. The van der Waals surface area contributed by atoms with Crippen LogP contribution in [-0.4, -0.2) is 72.4 Å². The van der Waals surface area contributed by atoms with Crippen LogP contribution in [0.2, 0.25) is 0 Å². The lowest BCUT2D eigenvalue weighted by molar-refractivity contribution is -0.145. The SMILES string of the molecule is CN=C(NCCNC(C)=O)N1CC(=O)N(C(C)C)C(C)(C)C1. The first-order valence-corrected chi connectivity index (χ1v) is 7.71. The van der Waals surface area contributed by atoms with Gasteiger partial charge in [-0.3, -0.25) is 14.6 Å². The highest BCUT2D eigenvalue weighted by Crippen LogP contribution is 2.24. The largest absolute Gasteiger partial charge is 0.355 e. The zero-order valence-electron chi connectivity index (χ0n) is 14.6. The van der Waals surface area contributed by atoms with Gasteiger partial charge in [-0.2, -0.15) is 0 Å². The van der Waals surface area contributed by atoms with Crippen molar-refractivity contribution >= 4 is 17.8 Å². The van der Waals surface area contributed by atoms with Gasteiger partial charge in [0.25, 0.3) is 0 Å². The molecule has 7 heteroatoms. The molecule has 0 aromatic carbocycles. The van der Waals surface area contributed by atoms with Crippen molar-refractivity contribution in [3.8, 4) is 0 Å². The summed E-state index contributed by atoms with van der Waals surface area (Å²) in [6.45, 7) is 11.8. The Balaban J connectivity index is 2.68. The van der Waals surface area contributed by atoms with Crippen molar-refractivity contribution in [1.82, 2.24) is 20.4 Å². The molecule has 0 atom stereocenters. The average molecular weight is 311 g/mol. The number of hydrogen-bond donors (Lipinski definition) is 2. The van der Waals surface area contributed by atoms with Gasteiger partial charge in [-0.15, -0.1) is 0 Å². The van der Waals surface area contributed by atoms with Gasteiger partial charge in [0.05, 0.1) is 12.1 Å². The second-order valence-corrected chi connectivity index (χ2v) is 6.48. The molecule has 1 fully saturated rings. The number of rotatable bonds is 4. The Labute approximate surface area is 133 Å². The van der Waals surface area contributed by atoms with E-state index in [0.29, 0.717) is 25.6 Å². The number of aliphatic imine (C=N–C) groups is 1. The standard InChI is InChI=1S/C15H29N5O2/c1-11(2)20-13(22)9-19(10-15(20,4)5)14(16-6)18-8-7-17-12(3)21/h11H,7-10H2,1-6H3,(H,16,18)(H,17,21). The van der Waals surface area contributed by atoms with Crippen LogP contribution in [0.15, 0.2) is 4.99 Å². The Morgan fingerprint density at radius 1 is 1.32 bits per heavy atom. The third-order valence-electron chi connectivity index (χ3n) is 3.63. The Bertz CT molecular complexity index is 445. The molecule has 0 unspecified atom stereocenters. The summed E-state index contributed by atoms with van der Waals surface area (Å²) in [6, 6.07) is 0.180. The van der Waals surface area contributed by atoms with E-state index in [-0.39, 0.29) is 23.4 Å². The third kappa shape index (κ3) is 4.61. The predicted molar refractivity (Wildman–Crippen MR) is 87.7 cm³/mol. The molecule has 2 amide bonds. The Morgan fingerprint density at radius 3 is 2.36 bits per heavy atom. The van der Waals surface area contributed by atoms with Crippen molar-refractivity contribution in [2.75, 3.05) is 33.2 Å². The van der Waals surface area contributed by atoms with E-state index in [1.807, 2.05) is 23.6 Å². The van der Waals surface area contributed by atoms with Crippen LogP contribution in [0.25, 0.3) is 0 Å². The van der Waals surface area contributed by atoms with E-state index in [4.69, 9.17) is 0 Å². The minimum absolute atomic E-state index is 0.0568. The molecule has 0 radical (unpaired) electrons. The van der Waals surface area contributed by atoms with Crippen molar-refractivity contribution in [3.63, 3.8) is 0 Å². The Hall–Kier alpha value is -1.79. The lowest BCUT2D eigenvalue weighted by Gasteiger charge is -2.49. The van der Waals surface area contributed by atoms with E-state index in [1.165, 1.54) is 6.92 Å². The van der Waals surface area contributed by atoms with Crippen LogP contribution in [0.3, 0.4) is 0 Å². The third-order valence-corrected chi connectivity index (χ3v) is 3.63. The van der Waals surface area contributed by atoms with E-state index >= 15 is 0 Å². The summed E-state index contributed by atoms with van der Waals surface area (Å²) in [4.78, 5) is 31.5. The van der Waals surface area contributed by atoms with E-state index in [2.05, 4.69) is 29.5 Å². The topological polar surface area (TPSA) is 77.0 Å². The molecule has 7 nitrogen and oxygen atoms in total. The normalized spacial score (nSPS) is 18.7. The Morgan fingerprint density at radius 2 is 1.91 bits per heavy atom. The first-order chi connectivity index (χ1) is 10.2. The second kappa shape index (κ2) is 7.47. The summed E-state index contributed by atoms with van der Waals surface area (Å²) in [5, 5.41) is 5.91. The molecule has 0 spiro atoms. The number of nitrogens with zero attached hydrogens (tertiary/aromatic N) is 3. The van der Waals surface area contributed by atoms with Gasteiger partial charge < -0.3 is 20.4 Å². The lowest BCUT2D eigenvalue weighted by atomic mass is 9.96. The van der Waals surface area contributed by atoms with Crippen LogP contribution in [0.1, 0.15) is 34.6 Å². The van der Waals surface area contributed by atoms with Crippen molar-refractivity contribution in [3.05, 3.63) is 0 Å². The van der Waals surface area contributed by atoms with Crippen LogP contribution >= 0.6 is 0 Å². The summed E-state index contributed by atoms with van der Waals surface area (Å²) in [5.74, 6) is 0.741. The van der Waals surface area contributed by atoms with Gasteiger partial charge in [-0.25, -0.2) is 0 Å². The first kappa shape index (κ1) is 18.3. The quantitative estimate of drug-likeness (QED) is 0.436. The van der Waals surface area contributed by atoms with Crippen molar-refractivity contribution in [1.29, 1.82) is 0 Å². The zero-order chi connectivity index (χ0) is 16.9. The molecule has 1 rings (SSSR count). The highest BCUT2D eigenvalue weighted by atomic mass is 16.2. The average Bonchev–Trinajstić information content (AvgIpc) is 2.35. The molecule has 1 saturated heterocycles. The van der Waals surface area contributed by atoms with Crippen LogP contribution in [0, 0.1) is 0 Å². The molecule has 0 aromatic heterocycles. The zero-order valence-corrected chi connectivity index (χ0v) is 14.6. The fraction of sp³-hybridized carbons (Fsp3) is 0.800. The highest BCUT2D eigenvalue weighted by Gasteiger charge is 2.40. The molecule has 1 aliphatic heterocycles. The maximum Gasteiger partial charge on any atom is 0.242 e. The summed E-state index contributed by atoms with van der Waals surface area (Å²) in [7, 11) is 1.70. The molecule has 1 heterocycles. The van der Waals surface area contributed by atoms with Crippen LogP contribution in [0.5, 0.6) is 0 Å². The molecule has 0 bridgehead atoms. The monoisotopic (exact) mass is 311 g/mol. The summed E-state index contributed by atoms with van der Waals surface area (Å²) >= 11 is 0. The number of piperazine rings is 1. The van der Waals surface area contributed by atoms with Crippen molar-refractivity contribution in [2.24, 2.45) is 4.99 Å². The molecule has 0 aliphatic carbocycles. The van der Waals surface area contributed by atoms with E-state index in [0.717, 1.165) is 6.54 Å². The summed E-state index contributed by atoms with van der Waals surface area (Å²) in [5.41, 5.74) is -0.251. The molecular formula is C15H29N5O2. The molecular weight excluding hydrogens is 282 g/mol. The van der Waals surface area contributed by atoms with Crippen LogP contribution in [-0.2, 0) is 9.59 Å². The maximum absolute atomic E-state index is 12.4. The fourth-order valence-corrected chi connectivity index (χ4v) is 3.06. The minimum Gasteiger partial charge on any atom is -0.355 e. The predicted octanol–water partition coefficient (Wildman–Crippen LogP) is 0.0291. The van der Waals surface area contributed by atoms with Gasteiger partial charge in [-0.05, 0) is 27.7 Å². The summed E-state index contributed by atoms with van der Waals surface area (Å²) in [6.07, 6.45) is 0. The number of carbonyl (C=O) groups is 2. The molecule has 0 saturated carbocycles. The smallest absolute Gasteiger partial charge is 0.242 e. The number of amides is 2.